The first-order chi connectivity index (χ1) is 16.7. The molecule has 2 aliphatic heterocycles. The van der Waals surface area contributed by atoms with Gasteiger partial charge in [0.2, 0.25) is 0 Å². The lowest BCUT2D eigenvalue weighted by atomic mass is 9.77. The van der Waals surface area contributed by atoms with Gasteiger partial charge in [-0.15, -0.1) is 13.2 Å². The lowest BCUT2D eigenvalue weighted by Gasteiger charge is -2.41. The topological polar surface area (TPSA) is 61.5 Å². The molecule has 182 valence electrons. The first kappa shape index (κ1) is 23.1. The SMILES string of the molecule is Cn1c(=O)c(C#N)c(N2CCC3(CCN(c4ccccc4OC(F)(F)F)C3)CC2)c2ccccc21. The third-order valence-corrected chi connectivity index (χ3v) is 7.40. The molecule has 1 spiro atoms. The van der Waals surface area contributed by atoms with Gasteiger partial charge in [-0.05, 0) is 42.9 Å². The summed E-state index contributed by atoms with van der Waals surface area (Å²) < 4.78 is 44.5. The highest BCUT2D eigenvalue weighted by atomic mass is 19.4. The molecule has 3 heterocycles. The minimum absolute atomic E-state index is 0.0375. The lowest BCUT2D eigenvalue weighted by Crippen LogP contribution is -2.42. The highest BCUT2D eigenvalue weighted by Gasteiger charge is 2.42. The largest absolute Gasteiger partial charge is 0.573 e. The van der Waals surface area contributed by atoms with Gasteiger partial charge in [0.15, 0.2) is 5.75 Å². The Balaban J connectivity index is 1.39. The quantitative estimate of drug-likeness (QED) is 0.537. The molecule has 0 radical (unpaired) electrons. The Morgan fingerprint density at radius 2 is 1.60 bits per heavy atom. The maximum absolute atomic E-state index is 12.9. The number of nitriles is 1. The van der Waals surface area contributed by atoms with Gasteiger partial charge in [0.25, 0.3) is 5.56 Å². The van der Waals surface area contributed by atoms with Crippen LogP contribution >= 0.6 is 0 Å². The summed E-state index contributed by atoms with van der Waals surface area (Å²) in [5.41, 5.74) is 1.71. The van der Waals surface area contributed by atoms with Gasteiger partial charge in [-0.3, -0.25) is 4.79 Å². The number of ether oxygens (including phenoxy) is 1. The summed E-state index contributed by atoms with van der Waals surface area (Å²) in [4.78, 5) is 17.0. The van der Waals surface area contributed by atoms with Crippen molar-refractivity contribution in [3.05, 3.63) is 64.4 Å². The van der Waals surface area contributed by atoms with Crippen molar-refractivity contribution in [3.8, 4) is 11.8 Å². The van der Waals surface area contributed by atoms with E-state index in [1.54, 1.807) is 19.2 Å². The van der Waals surface area contributed by atoms with E-state index in [2.05, 4.69) is 15.7 Å². The zero-order chi connectivity index (χ0) is 24.8. The molecule has 0 unspecified atom stereocenters. The number of para-hydroxylation sites is 3. The summed E-state index contributed by atoms with van der Waals surface area (Å²) in [6.45, 7) is 2.62. The maximum Gasteiger partial charge on any atom is 0.573 e. The van der Waals surface area contributed by atoms with Gasteiger partial charge in [-0.25, -0.2) is 0 Å². The van der Waals surface area contributed by atoms with Crippen LogP contribution in [-0.2, 0) is 7.05 Å². The van der Waals surface area contributed by atoms with Crippen LogP contribution < -0.4 is 20.1 Å². The van der Waals surface area contributed by atoms with Gasteiger partial charge in [0.05, 0.1) is 16.9 Å². The molecule has 6 nitrogen and oxygen atoms in total. The van der Waals surface area contributed by atoms with Crippen molar-refractivity contribution in [3.63, 3.8) is 0 Å². The van der Waals surface area contributed by atoms with E-state index in [4.69, 9.17) is 0 Å². The molecule has 2 fully saturated rings. The van der Waals surface area contributed by atoms with Crippen LogP contribution in [0.1, 0.15) is 24.8 Å². The minimum Gasteiger partial charge on any atom is -0.404 e. The third-order valence-electron chi connectivity index (χ3n) is 7.40. The Hall–Kier alpha value is -3.67. The Morgan fingerprint density at radius 3 is 2.29 bits per heavy atom. The maximum atomic E-state index is 12.9. The number of pyridine rings is 1. The number of alkyl halides is 3. The molecule has 2 aromatic carbocycles. The first-order valence-corrected chi connectivity index (χ1v) is 11.6. The number of hydrogen-bond donors (Lipinski definition) is 0. The van der Waals surface area contributed by atoms with E-state index in [-0.39, 0.29) is 22.3 Å². The number of rotatable bonds is 3. The number of hydrogen-bond acceptors (Lipinski definition) is 5. The average Bonchev–Trinajstić information content (AvgIpc) is 3.24. The highest BCUT2D eigenvalue weighted by Crippen LogP contribution is 2.45. The van der Waals surface area contributed by atoms with Crippen molar-refractivity contribution in [2.24, 2.45) is 12.5 Å². The van der Waals surface area contributed by atoms with Crippen LogP contribution in [0.3, 0.4) is 0 Å². The Morgan fingerprint density at radius 1 is 0.971 bits per heavy atom. The predicted molar refractivity (Wildman–Crippen MR) is 128 cm³/mol. The van der Waals surface area contributed by atoms with Crippen LogP contribution in [0.2, 0.25) is 0 Å². The third kappa shape index (κ3) is 4.18. The molecule has 2 aliphatic rings. The summed E-state index contributed by atoms with van der Waals surface area (Å²) in [5.74, 6) is -0.181. The molecule has 0 aliphatic carbocycles. The molecule has 1 aromatic heterocycles. The predicted octanol–water partition coefficient (Wildman–Crippen LogP) is 4.81. The van der Waals surface area contributed by atoms with Crippen molar-refractivity contribution >= 4 is 22.3 Å². The van der Waals surface area contributed by atoms with Crippen LogP contribution in [0.4, 0.5) is 24.5 Å². The summed E-state index contributed by atoms with van der Waals surface area (Å²) in [6, 6.07) is 16.0. The number of aryl methyl sites for hydroxylation is 1. The van der Waals surface area contributed by atoms with Gasteiger partial charge < -0.3 is 19.1 Å². The minimum atomic E-state index is -4.74. The molecule has 0 amide bonds. The molecule has 5 rings (SSSR count). The van der Waals surface area contributed by atoms with E-state index < -0.39 is 6.36 Å². The van der Waals surface area contributed by atoms with Gasteiger partial charge in [-0.1, -0.05) is 30.3 Å². The van der Waals surface area contributed by atoms with Crippen molar-refractivity contribution in [1.29, 1.82) is 5.26 Å². The molecular formula is C26H25F3N4O2. The van der Waals surface area contributed by atoms with Crippen LogP contribution in [0.25, 0.3) is 10.9 Å². The van der Waals surface area contributed by atoms with E-state index in [1.807, 2.05) is 29.2 Å². The van der Waals surface area contributed by atoms with Gasteiger partial charge in [-0.2, -0.15) is 5.26 Å². The monoisotopic (exact) mass is 482 g/mol. The fourth-order valence-electron chi connectivity index (χ4n) is 5.59. The molecule has 0 saturated carbocycles. The zero-order valence-electron chi connectivity index (χ0n) is 19.3. The number of aromatic nitrogens is 1. The second-order valence-electron chi connectivity index (χ2n) is 9.39. The van der Waals surface area contributed by atoms with Gasteiger partial charge in [0.1, 0.15) is 11.6 Å². The second kappa shape index (κ2) is 8.52. The fraction of sp³-hybridized carbons (Fsp3) is 0.385. The van der Waals surface area contributed by atoms with Crippen LogP contribution in [-0.4, -0.2) is 37.1 Å². The molecular weight excluding hydrogens is 457 g/mol. The van der Waals surface area contributed by atoms with Gasteiger partial charge >= 0.3 is 6.36 Å². The number of anilines is 2. The fourth-order valence-corrected chi connectivity index (χ4v) is 5.59. The molecule has 0 bridgehead atoms. The zero-order valence-corrected chi connectivity index (χ0v) is 19.3. The Bertz CT molecular complexity index is 1370. The molecule has 0 N–H and O–H groups in total. The molecule has 35 heavy (non-hydrogen) atoms. The molecule has 0 atom stereocenters. The second-order valence-corrected chi connectivity index (χ2v) is 9.39. The van der Waals surface area contributed by atoms with Gasteiger partial charge in [0, 0.05) is 38.6 Å². The standard InChI is InChI=1S/C26H25F3N4O2/c1-31-20-7-3-2-6-18(20)23(19(16-30)24(31)34)32-13-10-25(11-14-32)12-15-33(17-25)21-8-4-5-9-22(21)35-26(27,28)29/h2-9H,10-15,17H2,1H3. The number of fused-ring (bicyclic) bond motifs is 1. The molecule has 2 saturated heterocycles. The summed E-state index contributed by atoms with van der Waals surface area (Å²) in [5, 5.41) is 10.7. The number of halogens is 3. The number of nitrogens with zero attached hydrogens (tertiary/aromatic N) is 4. The van der Waals surface area contributed by atoms with E-state index >= 15 is 0 Å². The Kier molecular flexibility index (Phi) is 5.62. The lowest BCUT2D eigenvalue weighted by molar-refractivity contribution is -0.274. The first-order valence-electron chi connectivity index (χ1n) is 11.6. The molecule has 9 heteroatoms. The summed E-state index contributed by atoms with van der Waals surface area (Å²) in [6.07, 6.45) is -2.24. The van der Waals surface area contributed by atoms with Crippen molar-refractivity contribution < 1.29 is 17.9 Å². The van der Waals surface area contributed by atoms with Crippen molar-refractivity contribution in [1.82, 2.24) is 4.57 Å². The van der Waals surface area contributed by atoms with Crippen LogP contribution in [0, 0.1) is 16.7 Å². The smallest absolute Gasteiger partial charge is 0.404 e. The van der Waals surface area contributed by atoms with Crippen molar-refractivity contribution in [2.75, 3.05) is 36.0 Å². The van der Waals surface area contributed by atoms with E-state index in [0.717, 1.165) is 30.2 Å². The van der Waals surface area contributed by atoms with Crippen LogP contribution in [0.5, 0.6) is 5.75 Å². The van der Waals surface area contributed by atoms with E-state index in [9.17, 15) is 23.2 Å². The molecule has 3 aromatic rings. The van der Waals surface area contributed by atoms with E-state index in [0.29, 0.717) is 37.6 Å². The van der Waals surface area contributed by atoms with Crippen molar-refractivity contribution in [2.45, 2.75) is 25.6 Å². The number of benzene rings is 2. The number of piperidine rings is 1. The van der Waals surface area contributed by atoms with E-state index in [1.165, 1.54) is 16.7 Å². The summed E-state index contributed by atoms with van der Waals surface area (Å²) in [7, 11) is 1.67. The summed E-state index contributed by atoms with van der Waals surface area (Å²) >= 11 is 0. The highest BCUT2D eigenvalue weighted by molar-refractivity contribution is 5.95. The normalized spacial score (nSPS) is 17.7. The average molecular weight is 483 g/mol. The van der Waals surface area contributed by atoms with Crippen LogP contribution in [0.15, 0.2) is 53.3 Å². The Labute approximate surface area is 200 Å².